The van der Waals surface area contributed by atoms with E-state index in [0.29, 0.717) is 4.90 Å². The predicted octanol–water partition coefficient (Wildman–Crippen LogP) is 2.13. The Morgan fingerprint density at radius 2 is 1.64 bits per heavy atom. The van der Waals surface area contributed by atoms with Crippen molar-refractivity contribution in [2.24, 2.45) is 0 Å². The van der Waals surface area contributed by atoms with E-state index in [2.05, 4.69) is 0 Å². The van der Waals surface area contributed by atoms with Crippen LogP contribution in [0.2, 0.25) is 0 Å². The fraction of sp³-hybridized carbons (Fsp3) is 0.0909. The van der Waals surface area contributed by atoms with E-state index in [-0.39, 0.29) is 5.75 Å². The molecule has 3 rings (SSSR count). The fourth-order valence-electron chi connectivity index (χ4n) is 1.87. The molecular formula is C11H8O2S. The lowest BCUT2D eigenvalue weighted by molar-refractivity contribution is 0.586. The molecule has 1 aliphatic rings. The van der Waals surface area contributed by atoms with E-state index in [0.717, 1.165) is 16.3 Å². The minimum atomic E-state index is -2.93. The third-order valence-corrected chi connectivity index (χ3v) is 4.35. The second kappa shape index (κ2) is 2.36. The molecule has 2 nitrogen and oxygen atoms in total. The quantitative estimate of drug-likeness (QED) is 0.658. The Bertz CT molecular complexity index is 627. The van der Waals surface area contributed by atoms with Crippen molar-refractivity contribution >= 4 is 20.6 Å². The molecule has 70 valence electrons. The summed E-state index contributed by atoms with van der Waals surface area (Å²) in [5, 5.41) is 2.11. The van der Waals surface area contributed by atoms with Gasteiger partial charge in [-0.15, -0.1) is 0 Å². The first-order valence-corrected chi connectivity index (χ1v) is 6.06. The van der Waals surface area contributed by atoms with Crippen LogP contribution in [0.25, 0.3) is 10.8 Å². The van der Waals surface area contributed by atoms with Crippen LogP contribution in [0.15, 0.2) is 41.3 Å². The van der Waals surface area contributed by atoms with E-state index < -0.39 is 9.84 Å². The smallest absolute Gasteiger partial charge is 0.182 e. The second-order valence-corrected chi connectivity index (χ2v) is 5.52. The molecule has 0 aromatic heterocycles. The maximum atomic E-state index is 11.4. The normalized spacial score (nSPS) is 17.4. The molecule has 0 radical (unpaired) electrons. The van der Waals surface area contributed by atoms with Crippen LogP contribution in [0.1, 0.15) is 5.56 Å². The lowest BCUT2D eigenvalue weighted by Gasteiger charge is -2.19. The maximum Gasteiger partial charge on any atom is 0.182 e. The Hall–Kier alpha value is -1.35. The van der Waals surface area contributed by atoms with Gasteiger partial charge in [-0.05, 0) is 28.5 Å². The molecule has 0 N–H and O–H groups in total. The summed E-state index contributed by atoms with van der Waals surface area (Å²) < 4.78 is 22.7. The van der Waals surface area contributed by atoms with E-state index in [1.807, 2.05) is 30.3 Å². The summed E-state index contributed by atoms with van der Waals surface area (Å²) in [6.07, 6.45) is 0. The first-order valence-electron chi connectivity index (χ1n) is 4.41. The number of fused-ring (bicyclic) bond motifs is 2. The third-order valence-electron chi connectivity index (χ3n) is 2.61. The second-order valence-electron chi connectivity index (χ2n) is 3.57. The molecule has 0 unspecified atom stereocenters. The van der Waals surface area contributed by atoms with E-state index >= 15 is 0 Å². The van der Waals surface area contributed by atoms with Gasteiger partial charge >= 0.3 is 0 Å². The zero-order valence-electron chi connectivity index (χ0n) is 7.40. The lowest BCUT2D eigenvalue weighted by atomic mass is 10.1. The molecule has 14 heavy (non-hydrogen) atoms. The van der Waals surface area contributed by atoms with Crippen LogP contribution in [0.5, 0.6) is 0 Å². The van der Waals surface area contributed by atoms with E-state index in [9.17, 15) is 8.42 Å². The summed E-state index contributed by atoms with van der Waals surface area (Å²) in [5.41, 5.74) is 0.948. The lowest BCUT2D eigenvalue weighted by Crippen LogP contribution is -2.18. The van der Waals surface area contributed by atoms with Gasteiger partial charge in [0.1, 0.15) is 0 Å². The van der Waals surface area contributed by atoms with Crippen LogP contribution >= 0.6 is 0 Å². The van der Waals surface area contributed by atoms with Gasteiger partial charge in [0.15, 0.2) is 9.84 Å². The molecule has 1 heterocycles. The van der Waals surface area contributed by atoms with Crippen LogP contribution < -0.4 is 0 Å². The molecule has 0 spiro atoms. The van der Waals surface area contributed by atoms with Crippen LogP contribution in [0.4, 0.5) is 0 Å². The zero-order valence-corrected chi connectivity index (χ0v) is 8.21. The molecule has 0 aliphatic carbocycles. The van der Waals surface area contributed by atoms with Crippen LogP contribution in [0.3, 0.4) is 0 Å². The monoisotopic (exact) mass is 204 g/mol. The highest BCUT2D eigenvalue weighted by Crippen LogP contribution is 2.34. The molecule has 0 bridgehead atoms. The van der Waals surface area contributed by atoms with Gasteiger partial charge in [0.25, 0.3) is 0 Å². The standard InChI is InChI=1S/C11H8O2S/c12-14(13)7-10-5-8-3-1-2-4-9(8)6-11(10)14/h1-6H,7H2. The Kier molecular flexibility index (Phi) is 1.35. The summed E-state index contributed by atoms with van der Waals surface area (Å²) in [7, 11) is -2.93. The van der Waals surface area contributed by atoms with Crippen molar-refractivity contribution < 1.29 is 8.42 Å². The van der Waals surface area contributed by atoms with Gasteiger partial charge in [-0.1, -0.05) is 24.3 Å². The summed E-state index contributed by atoms with van der Waals surface area (Å²) in [6, 6.07) is 11.5. The van der Waals surface area contributed by atoms with E-state index in [1.165, 1.54) is 0 Å². The van der Waals surface area contributed by atoms with E-state index in [1.54, 1.807) is 6.07 Å². The van der Waals surface area contributed by atoms with Crippen molar-refractivity contribution in [1.29, 1.82) is 0 Å². The van der Waals surface area contributed by atoms with Crippen molar-refractivity contribution in [2.75, 3.05) is 0 Å². The Morgan fingerprint density at radius 1 is 1.00 bits per heavy atom. The number of sulfone groups is 1. The average molecular weight is 204 g/mol. The highest BCUT2D eigenvalue weighted by molar-refractivity contribution is 7.92. The minimum absolute atomic E-state index is 0.202. The van der Waals surface area contributed by atoms with Gasteiger partial charge in [0.05, 0.1) is 10.6 Å². The molecular weight excluding hydrogens is 196 g/mol. The van der Waals surface area contributed by atoms with Gasteiger partial charge < -0.3 is 0 Å². The van der Waals surface area contributed by atoms with Crippen molar-refractivity contribution in [2.45, 2.75) is 10.6 Å². The minimum Gasteiger partial charge on any atom is -0.223 e. The highest BCUT2D eigenvalue weighted by atomic mass is 32.2. The average Bonchev–Trinajstić information content (AvgIpc) is 2.16. The maximum absolute atomic E-state index is 11.4. The van der Waals surface area contributed by atoms with Crippen molar-refractivity contribution in [3.05, 3.63) is 42.0 Å². The van der Waals surface area contributed by atoms with Gasteiger partial charge in [-0.2, -0.15) is 0 Å². The summed E-state index contributed by atoms with van der Waals surface area (Å²) in [5.74, 6) is 0.202. The van der Waals surface area contributed by atoms with Crippen LogP contribution in [0, 0.1) is 0 Å². The Labute approximate surface area is 82.1 Å². The fourth-order valence-corrected chi connectivity index (χ4v) is 3.27. The first-order chi connectivity index (χ1) is 6.67. The largest absolute Gasteiger partial charge is 0.223 e. The molecule has 0 fully saturated rings. The highest BCUT2D eigenvalue weighted by Gasteiger charge is 2.30. The zero-order chi connectivity index (χ0) is 9.76. The van der Waals surface area contributed by atoms with Crippen molar-refractivity contribution in [1.82, 2.24) is 0 Å². The number of benzene rings is 2. The molecule has 0 amide bonds. The van der Waals surface area contributed by atoms with Crippen molar-refractivity contribution in [3.63, 3.8) is 0 Å². The summed E-state index contributed by atoms with van der Waals surface area (Å²) in [4.78, 5) is 0.510. The molecule has 2 aromatic rings. The molecule has 0 saturated carbocycles. The van der Waals surface area contributed by atoms with Crippen molar-refractivity contribution in [3.8, 4) is 0 Å². The first kappa shape index (κ1) is 8.00. The van der Waals surface area contributed by atoms with Crippen LogP contribution in [-0.4, -0.2) is 8.42 Å². The topological polar surface area (TPSA) is 34.1 Å². The number of hydrogen-bond donors (Lipinski definition) is 0. The molecule has 1 aliphatic heterocycles. The third kappa shape index (κ3) is 0.930. The Balaban J connectivity index is 2.43. The van der Waals surface area contributed by atoms with Gasteiger partial charge in [0.2, 0.25) is 0 Å². The molecule has 2 aromatic carbocycles. The van der Waals surface area contributed by atoms with Gasteiger partial charge in [0, 0.05) is 0 Å². The van der Waals surface area contributed by atoms with Crippen LogP contribution in [-0.2, 0) is 15.6 Å². The Morgan fingerprint density at radius 3 is 2.29 bits per heavy atom. The SMILES string of the molecule is O=S1(=O)Cc2cc3ccccc3cc21. The van der Waals surface area contributed by atoms with Gasteiger partial charge in [-0.25, -0.2) is 8.42 Å². The predicted molar refractivity (Wildman–Crippen MR) is 54.8 cm³/mol. The number of hydrogen-bond acceptors (Lipinski definition) is 2. The van der Waals surface area contributed by atoms with E-state index in [4.69, 9.17) is 0 Å². The summed E-state index contributed by atoms with van der Waals surface area (Å²) in [6.45, 7) is 0. The molecule has 3 heteroatoms. The van der Waals surface area contributed by atoms with Gasteiger partial charge in [-0.3, -0.25) is 0 Å². The summed E-state index contributed by atoms with van der Waals surface area (Å²) >= 11 is 0. The number of rotatable bonds is 0. The molecule has 0 saturated heterocycles. The molecule has 0 atom stereocenters.